The van der Waals surface area contributed by atoms with Crippen molar-refractivity contribution in [3.05, 3.63) is 28.8 Å². The zero-order chi connectivity index (χ0) is 13.0. The minimum absolute atomic E-state index is 0.0841. The summed E-state index contributed by atoms with van der Waals surface area (Å²) in [7, 11) is 5.59. The van der Waals surface area contributed by atoms with Gasteiger partial charge in [0, 0.05) is 25.2 Å². The van der Waals surface area contributed by atoms with Gasteiger partial charge >= 0.3 is 0 Å². The Hall–Kier alpha value is -1.26. The molecule has 0 fully saturated rings. The molecule has 0 unspecified atom stereocenters. The molecule has 0 heterocycles. The van der Waals surface area contributed by atoms with E-state index in [4.69, 9.17) is 11.6 Å². The topological polar surface area (TPSA) is 43.8 Å². The first kappa shape index (κ1) is 13.8. The van der Waals surface area contributed by atoms with Gasteiger partial charge < -0.3 is 14.9 Å². The Morgan fingerprint density at radius 3 is 2.47 bits per heavy atom. The number of amides is 1. The lowest BCUT2D eigenvalue weighted by molar-refractivity contribution is 0.0783. The summed E-state index contributed by atoms with van der Waals surface area (Å²) >= 11 is 5.71. The van der Waals surface area contributed by atoms with Gasteiger partial charge in [0.1, 0.15) is 5.75 Å². The molecule has 0 radical (unpaired) electrons. The Morgan fingerprint density at radius 1 is 1.29 bits per heavy atom. The molecular weight excluding hydrogens is 240 g/mol. The lowest BCUT2D eigenvalue weighted by Crippen LogP contribution is -2.33. The van der Waals surface area contributed by atoms with E-state index in [0.29, 0.717) is 11.6 Å². The normalized spacial score (nSPS) is 10.6. The highest BCUT2D eigenvalue weighted by Gasteiger charge is 2.15. The first-order chi connectivity index (χ1) is 7.91. The SMILES string of the molecule is CN(C)CCN(C)C(=O)c1ccc(Cl)cc1O. The molecule has 94 valence electrons. The summed E-state index contributed by atoms with van der Waals surface area (Å²) in [5.41, 5.74) is 0.274. The zero-order valence-electron chi connectivity index (χ0n) is 10.3. The molecular formula is C12H17ClN2O2. The quantitative estimate of drug-likeness (QED) is 0.892. The molecule has 1 aromatic carbocycles. The Balaban J connectivity index is 2.75. The molecule has 0 spiro atoms. The third-order valence-electron chi connectivity index (χ3n) is 2.42. The molecule has 0 atom stereocenters. The van der Waals surface area contributed by atoms with E-state index < -0.39 is 0 Å². The molecule has 0 aromatic heterocycles. The van der Waals surface area contributed by atoms with Crippen molar-refractivity contribution in [1.82, 2.24) is 9.80 Å². The minimum atomic E-state index is -0.207. The fourth-order valence-corrected chi connectivity index (χ4v) is 1.51. The molecule has 1 aromatic rings. The number of hydrogen-bond donors (Lipinski definition) is 1. The van der Waals surface area contributed by atoms with Crippen LogP contribution in [0.2, 0.25) is 5.02 Å². The molecule has 0 bridgehead atoms. The van der Waals surface area contributed by atoms with E-state index in [-0.39, 0.29) is 17.2 Å². The summed E-state index contributed by atoms with van der Waals surface area (Å²) in [6.45, 7) is 1.38. The van der Waals surface area contributed by atoms with Crippen molar-refractivity contribution in [2.24, 2.45) is 0 Å². The maximum Gasteiger partial charge on any atom is 0.257 e. The third-order valence-corrected chi connectivity index (χ3v) is 2.65. The van der Waals surface area contributed by atoms with Gasteiger partial charge in [0.05, 0.1) is 5.56 Å². The summed E-state index contributed by atoms with van der Waals surface area (Å²) in [6, 6.07) is 4.50. The number of benzene rings is 1. The van der Waals surface area contributed by atoms with Crippen molar-refractivity contribution in [1.29, 1.82) is 0 Å². The second kappa shape index (κ2) is 5.89. The van der Waals surface area contributed by atoms with Crippen LogP contribution < -0.4 is 0 Å². The highest BCUT2D eigenvalue weighted by Crippen LogP contribution is 2.22. The van der Waals surface area contributed by atoms with E-state index in [0.717, 1.165) is 6.54 Å². The Labute approximate surface area is 106 Å². The van der Waals surface area contributed by atoms with Crippen LogP contribution in [0.25, 0.3) is 0 Å². The fraction of sp³-hybridized carbons (Fsp3) is 0.417. The van der Waals surface area contributed by atoms with Crippen molar-refractivity contribution in [3.8, 4) is 5.75 Å². The summed E-state index contributed by atoms with van der Waals surface area (Å²) in [5.74, 6) is -0.291. The van der Waals surface area contributed by atoms with Crippen LogP contribution in [-0.2, 0) is 0 Å². The van der Waals surface area contributed by atoms with Gasteiger partial charge in [-0.3, -0.25) is 4.79 Å². The van der Waals surface area contributed by atoms with Gasteiger partial charge in [0.15, 0.2) is 0 Å². The second-order valence-corrected chi connectivity index (χ2v) is 4.63. The lowest BCUT2D eigenvalue weighted by atomic mass is 10.2. The van der Waals surface area contributed by atoms with Crippen molar-refractivity contribution in [2.45, 2.75) is 0 Å². The number of phenolic OH excluding ortho intramolecular Hbond substituents is 1. The number of carbonyl (C=O) groups is 1. The monoisotopic (exact) mass is 256 g/mol. The van der Waals surface area contributed by atoms with Crippen LogP contribution in [0.1, 0.15) is 10.4 Å². The molecule has 0 aliphatic carbocycles. The summed E-state index contributed by atoms with van der Waals surface area (Å²) in [4.78, 5) is 15.6. The average Bonchev–Trinajstić information content (AvgIpc) is 2.25. The molecule has 1 amide bonds. The molecule has 17 heavy (non-hydrogen) atoms. The Kier molecular flexibility index (Phi) is 4.78. The Bertz CT molecular complexity index is 407. The van der Waals surface area contributed by atoms with Crippen molar-refractivity contribution < 1.29 is 9.90 Å². The minimum Gasteiger partial charge on any atom is -0.507 e. The maximum atomic E-state index is 12.0. The number of hydrogen-bond acceptors (Lipinski definition) is 3. The molecule has 1 N–H and O–H groups in total. The first-order valence-electron chi connectivity index (χ1n) is 5.30. The van der Waals surface area contributed by atoms with E-state index in [1.807, 2.05) is 19.0 Å². The summed E-state index contributed by atoms with van der Waals surface area (Å²) < 4.78 is 0. The van der Waals surface area contributed by atoms with Crippen molar-refractivity contribution >= 4 is 17.5 Å². The number of likely N-dealkylation sites (N-methyl/N-ethyl adjacent to an activating group) is 2. The van der Waals surface area contributed by atoms with E-state index in [1.165, 1.54) is 12.1 Å². The summed E-state index contributed by atoms with van der Waals surface area (Å²) in [5, 5.41) is 10.1. The van der Waals surface area contributed by atoms with Crippen LogP contribution in [0.5, 0.6) is 5.75 Å². The van der Waals surface area contributed by atoms with Gasteiger partial charge in [-0.25, -0.2) is 0 Å². The molecule has 0 aliphatic rings. The largest absolute Gasteiger partial charge is 0.507 e. The smallest absolute Gasteiger partial charge is 0.257 e. The van der Waals surface area contributed by atoms with Gasteiger partial charge in [-0.15, -0.1) is 0 Å². The zero-order valence-corrected chi connectivity index (χ0v) is 11.0. The predicted molar refractivity (Wildman–Crippen MR) is 68.6 cm³/mol. The molecule has 0 saturated heterocycles. The number of rotatable bonds is 4. The lowest BCUT2D eigenvalue weighted by Gasteiger charge is -2.20. The molecule has 5 heteroatoms. The number of phenols is 1. The van der Waals surface area contributed by atoms with Gasteiger partial charge in [-0.05, 0) is 32.3 Å². The summed E-state index contributed by atoms with van der Waals surface area (Å²) in [6.07, 6.45) is 0. The van der Waals surface area contributed by atoms with Crippen LogP contribution in [0.4, 0.5) is 0 Å². The molecule has 0 aliphatic heterocycles. The number of halogens is 1. The van der Waals surface area contributed by atoms with Crippen LogP contribution in [0, 0.1) is 0 Å². The average molecular weight is 257 g/mol. The molecule has 1 rings (SSSR count). The van der Waals surface area contributed by atoms with Gasteiger partial charge in [-0.1, -0.05) is 11.6 Å². The number of aromatic hydroxyl groups is 1. The third kappa shape index (κ3) is 3.91. The molecule has 0 saturated carbocycles. The highest BCUT2D eigenvalue weighted by molar-refractivity contribution is 6.30. The predicted octanol–water partition coefficient (Wildman–Crippen LogP) is 1.68. The van der Waals surface area contributed by atoms with E-state index in [2.05, 4.69) is 0 Å². The van der Waals surface area contributed by atoms with Crippen molar-refractivity contribution in [3.63, 3.8) is 0 Å². The standard InChI is InChI=1S/C12H17ClN2O2/c1-14(2)6-7-15(3)12(17)10-5-4-9(13)8-11(10)16/h4-5,8,16H,6-7H2,1-3H3. The van der Waals surface area contributed by atoms with Crippen LogP contribution in [0.3, 0.4) is 0 Å². The first-order valence-corrected chi connectivity index (χ1v) is 5.68. The highest BCUT2D eigenvalue weighted by atomic mass is 35.5. The van der Waals surface area contributed by atoms with Gasteiger partial charge in [0.25, 0.3) is 5.91 Å². The van der Waals surface area contributed by atoms with Gasteiger partial charge in [0.2, 0.25) is 0 Å². The van der Waals surface area contributed by atoms with E-state index >= 15 is 0 Å². The van der Waals surface area contributed by atoms with Crippen LogP contribution in [-0.4, -0.2) is 55.0 Å². The van der Waals surface area contributed by atoms with Crippen molar-refractivity contribution in [2.75, 3.05) is 34.2 Å². The maximum absolute atomic E-state index is 12.0. The van der Waals surface area contributed by atoms with E-state index in [9.17, 15) is 9.90 Å². The fourth-order valence-electron chi connectivity index (χ4n) is 1.34. The molecule has 4 nitrogen and oxygen atoms in total. The van der Waals surface area contributed by atoms with E-state index in [1.54, 1.807) is 18.0 Å². The van der Waals surface area contributed by atoms with Crippen LogP contribution in [0.15, 0.2) is 18.2 Å². The van der Waals surface area contributed by atoms with Crippen LogP contribution >= 0.6 is 11.6 Å². The Morgan fingerprint density at radius 2 is 1.94 bits per heavy atom. The van der Waals surface area contributed by atoms with Gasteiger partial charge in [-0.2, -0.15) is 0 Å². The number of nitrogens with zero attached hydrogens (tertiary/aromatic N) is 2. The second-order valence-electron chi connectivity index (χ2n) is 4.19. The number of carbonyl (C=O) groups excluding carboxylic acids is 1.